The molecule has 0 saturated heterocycles. The molecule has 0 aliphatic heterocycles. The molecule has 0 spiro atoms. The SMILES string of the molecule is O=C(Nc1cc(F)ccc1F)c1cccc(S)c1. The molecule has 0 bridgehead atoms. The second kappa shape index (κ2) is 5.18. The van der Waals surface area contributed by atoms with Crippen molar-refractivity contribution in [2.45, 2.75) is 4.90 Å². The predicted octanol–water partition coefficient (Wildman–Crippen LogP) is 3.51. The first-order valence-corrected chi connectivity index (χ1v) is 5.56. The van der Waals surface area contributed by atoms with E-state index in [1.807, 2.05) is 0 Å². The van der Waals surface area contributed by atoms with Crippen LogP contribution in [0.1, 0.15) is 10.4 Å². The number of halogens is 2. The molecule has 0 radical (unpaired) electrons. The highest BCUT2D eigenvalue weighted by Crippen LogP contribution is 2.17. The molecule has 0 aliphatic carbocycles. The van der Waals surface area contributed by atoms with E-state index in [2.05, 4.69) is 17.9 Å². The first-order chi connectivity index (χ1) is 8.56. The maximum atomic E-state index is 13.3. The van der Waals surface area contributed by atoms with E-state index >= 15 is 0 Å². The van der Waals surface area contributed by atoms with Crippen molar-refractivity contribution in [3.8, 4) is 0 Å². The molecule has 2 aromatic rings. The fourth-order valence-electron chi connectivity index (χ4n) is 1.43. The Kier molecular flexibility index (Phi) is 3.62. The molecule has 2 nitrogen and oxygen atoms in total. The molecule has 0 heterocycles. The number of hydrogen-bond acceptors (Lipinski definition) is 2. The molecule has 2 rings (SSSR count). The van der Waals surface area contributed by atoms with E-state index in [0.717, 1.165) is 18.2 Å². The Morgan fingerprint density at radius 1 is 1.11 bits per heavy atom. The lowest BCUT2D eigenvalue weighted by Crippen LogP contribution is -2.13. The minimum Gasteiger partial charge on any atom is -0.319 e. The summed E-state index contributed by atoms with van der Waals surface area (Å²) >= 11 is 4.10. The van der Waals surface area contributed by atoms with Crippen LogP contribution in [0.15, 0.2) is 47.4 Å². The Morgan fingerprint density at radius 2 is 1.89 bits per heavy atom. The molecule has 0 aliphatic rings. The first kappa shape index (κ1) is 12.6. The quantitative estimate of drug-likeness (QED) is 0.799. The summed E-state index contributed by atoms with van der Waals surface area (Å²) in [5, 5.41) is 2.31. The number of hydrogen-bond donors (Lipinski definition) is 2. The largest absolute Gasteiger partial charge is 0.319 e. The van der Waals surface area contributed by atoms with E-state index in [9.17, 15) is 13.6 Å². The second-order valence-corrected chi connectivity index (χ2v) is 4.15. The first-order valence-electron chi connectivity index (χ1n) is 5.12. The Morgan fingerprint density at radius 3 is 2.61 bits per heavy atom. The van der Waals surface area contributed by atoms with E-state index in [1.165, 1.54) is 6.07 Å². The average Bonchev–Trinajstić information content (AvgIpc) is 2.34. The Bertz CT molecular complexity index is 601. The van der Waals surface area contributed by atoms with Crippen molar-refractivity contribution in [1.29, 1.82) is 0 Å². The number of nitrogens with one attached hydrogen (secondary N) is 1. The van der Waals surface area contributed by atoms with Gasteiger partial charge in [-0.15, -0.1) is 12.6 Å². The molecule has 18 heavy (non-hydrogen) atoms. The standard InChI is InChI=1S/C13H9F2NOS/c14-9-4-5-11(15)12(7-9)16-13(17)8-2-1-3-10(18)6-8/h1-7,18H,(H,16,17). The second-order valence-electron chi connectivity index (χ2n) is 3.63. The van der Waals surface area contributed by atoms with Crippen molar-refractivity contribution in [3.05, 3.63) is 59.7 Å². The van der Waals surface area contributed by atoms with Gasteiger partial charge in [-0.2, -0.15) is 0 Å². The molecule has 1 amide bonds. The van der Waals surface area contributed by atoms with E-state index < -0.39 is 17.5 Å². The van der Waals surface area contributed by atoms with Crippen molar-refractivity contribution in [3.63, 3.8) is 0 Å². The smallest absolute Gasteiger partial charge is 0.255 e. The number of benzene rings is 2. The van der Waals surface area contributed by atoms with Crippen LogP contribution in [0.5, 0.6) is 0 Å². The van der Waals surface area contributed by atoms with Gasteiger partial charge in [-0.3, -0.25) is 4.79 Å². The van der Waals surface area contributed by atoms with Gasteiger partial charge in [0.25, 0.3) is 5.91 Å². The summed E-state index contributed by atoms with van der Waals surface area (Å²) < 4.78 is 26.3. The Balaban J connectivity index is 2.24. The van der Waals surface area contributed by atoms with Crippen LogP contribution in [0, 0.1) is 11.6 Å². The lowest BCUT2D eigenvalue weighted by molar-refractivity contribution is 0.102. The predicted molar refractivity (Wildman–Crippen MR) is 68.0 cm³/mol. The number of rotatable bonds is 2. The number of thiol groups is 1. The van der Waals surface area contributed by atoms with Gasteiger partial charge in [0.05, 0.1) is 5.69 Å². The maximum Gasteiger partial charge on any atom is 0.255 e. The van der Waals surface area contributed by atoms with Crippen molar-refractivity contribution in [2.24, 2.45) is 0 Å². The number of anilines is 1. The van der Waals surface area contributed by atoms with Crippen LogP contribution in [0.25, 0.3) is 0 Å². The molecule has 0 unspecified atom stereocenters. The third-order valence-corrected chi connectivity index (χ3v) is 2.56. The van der Waals surface area contributed by atoms with Gasteiger partial charge in [-0.1, -0.05) is 6.07 Å². The van der Waals surface area contributed by atoms with Gasteiger partial charge in [0.15, 0.2) is 0 Å². The van der Waals surface area contributed by atoms with Gasteiger partial charge in [0.2, 0.25) is 0 Å². The van der Waals surface area contributed by atoms with Crippen molar-refractivity contribution in [1.82, 2.24) is 0 Å². The summed E-state index contributed by atoms with van der Waals surface area (Å²) in [6.07, 6.45) is 0. The minimum atomic E-state index is -0.688. The summed E-state index contributed by atoms with van der Waals surface area (Å²) in [5.74, 6) is -1.82. The zero-order valence-electron chi connectivity index (χ0n) is 9.15. The van der Waals surface area contributed by atoms with Gasteiger partial charge < -0.3 is 5.32 Å². The molecule has 0 atom stereocenters. The summed E-state index contributed by atoms with van der Waals surface area (Å²) in [7, 11) is 0. The molecule has 1 N–H and O–H groups in total. The molecule has 5 heteroatoms. The van der Waals surface area contributed by atoms with E-state index in [0.29, 0.717) is 10.5 Å². The fourth-order valence-corrected chi connectivity index (χ4v) is 1.66. The highest BCUT2D eigenvalue weighted by Gasteiger charge is 2.10. The Hall–Kier alpha value is -1.88. The van der Waals surface area contributed by atoms with E-state index in [4.69, 9.17) is 0 Å². The van der Waals surface area contributed by atoms with Gasteiger partial charge in [0, 0.05) is 16.5 Å². The third kappa shape index (κ3) is 2.87. The van der Waals surface area contributed by atoms with Gasteiger partial charge in [-0.05, 0) is 30.3 Å². The fraction of sp³-hybridized carbons (Fsp3) is 0. The minimum absolute atomic E-state index is 0.190. The highest BCUT2D eigenvalue weighted by atomic mass is 32.1. The molecular formula is C13H9F2NOS. The monoisotopic (exact) mass is 265 g/mol. The number of carbonyl (C=O) groups excluding carboxylic acids is 1. The molecule has 0 saturated carbocycles. The lowest BCUT2D eigenvalue weighted by Gasteiger charge is -2.06. The number of amides is 1. The average molecular weight is 265 g/mol. The van der Waals surface area contributed by atoms with Crippen LogP contribution < -0.4 is 5.32 Å². The zero-order valence-corrected chi connectivity index (χ0v) is 10.0. The summed E-state index contributed by atoms with van der Waals surface area (Å²) in [6, 6.07) is 9.33. The summed E-state index contributed by atoms with van der Waals surface area (Å²) in [6.45, 7) is 0. The summed E-state index contributed by atoms with van der Waals surface area (Å²) in [5.41, 5.74) is 0.135. The van der Waals surface area contributed by atoms with Crippen LogP contribution in [-0.2, 0) is 0 Å². The third-order valence-electron chi connectivity index (χ3n) is 2.28. The molecule has 0 aromatic heterocycles. The van der Waals surface area contributed by atoms with Crippen molar-refractivity contribution < 1.29 is 13.6 Å². The Labute approximate surface area is 108 Å². The van der Waals surface area contributed by atoms with Crippen molar-refractivity contribution in [2.75, 3.05) is 5.32 Å². The van der Waals surface area contributed by atoms with Gasteiger partial charge >= 0.3 is 0 Å². The van der Waals surface area contributed by atoms with Crippen LogP contribution in [-0.4, -0.2) is 5.91 Å². The van der Waals surface area contributed by atoms with E-state index in [-0.39, 0.29) is 5.69 Å². The topological polar surface area (TPSA) is 29.1 Å². The van der Waals surface area contributed by atoms with Crippen LogP contribution in [0.2, 0.25) is 0 Å². The van der Waals surface area contributed by atoms with Crippen LogP contribution in [0.4, 0.5) is 14.5 Å². The highest BCUT2D eigenvalue weighted by molar-refractivity contribution is 7.80. The lowest BCUT2D eigenvalue weighted by atomic mass is 10.2. The van der Waals surface area contributed by atoms with Crippen LogP contribution in [0.3, 0.4) is 0 Å². The molecule has 0 fully saturated rings. The van der Waals surface area contributed by atoms with Crippen molar-refractivity contribution >= 4 is 24.2 Å². The van der Waals surface area contributed by atoms with E-state index in [1.54, 1.807) is 18.2 Å². The number of carbonyl (C=O) groups is 1. The maximum absolute atomic E-state index is 13.3. The summed E-state index contributed by atoms with van der Waals surface area (Å²) in [4.78, 5) is 12.4. The van der Waals surface area contributed by atoms with Gasteiger partial charge in [-0.25, -0.2) is 8.78 Å². The molecular weight excluding hydrogens is 256 g/mol. The normalized spacial score (nSPS) is 10.2. The van der Waals surface area contributed by atoms with Crippen LogP contribution >= 0.6 is 12.6 Å². The van der Waals surface area contributed by atoms with Gasteiger partial charge in [0.1, 0.15) is 11.6 Å². The molecule has 2 aromatic carbocycles. The molecule has 92 valence electrons. The zero-order chi connectivity index (χ0) is 13.1.